The van der Waals surface area contributed by atoms with Crippen LogP contribution in [0.4, 0.5) is 5.69 Å². The molecule has 0 spiro atoms. The molecule has 1 fully saturated rings. The second-order valence-corrected chi connectivity index (χ2v) is 8.23. The number of ether oxygens (including phenoxy) is 1. The molecule has 1 saturated heterocycles. The van der Waals surface area contributed by atoms with Crippen LogP contribution in [0.25, 0.3) is 6.08 Å². The summed E-state index contributed by atoms with van der Waals surface area (Å²) in [5.74, 6) is 0.534. The first kappa shape index (κ1) is 20.5. The molecule has 30 heavy (non-hydrogen) atoms. The highest BCUT2D eigenvalue weighted by Gasteiger charge is 2.24. The number of thioether (sulfide) groups is 1. The Morgan fingerprint density at radius 1 is 0.933 bits per heavy atom. The van der Waals surface area contributed by atoms with Crippen LogP contribution in [-0.4, -0.2) is 11.1 Å². The van der Waals surface area contributed by atoms with Crippen molar-refractivity contribution in [1.82, 2.24) is 5.32 Å². The fourth-order valence-electron chi connectivity index (χ4n) is 2.72. The third-order valence-corrected chi connectivity index (χ3v) is 5.85. The number of halogens is 2. The lowest BCUT2D eigenvalue weighted by molar-refractivity contribution is -0.115. The van der Waals surface area contributed by atoms with Gasteiger partial charge in [0.05, 0.1) is 15.6 Å². The number of amides is 1. The first-order valence-electron chi connectivity index (χ1n) is 9.09. The van der Waals surface area contributed by atoms with Crippen LogP contribution in [0.15, 0.2) is 82.7 Å². The maximum absolute atomic E-state index is 12.3. The molecule has 0 unspecified atom stereocenters. The molecule has 3 aromatic carbocycles. The lowest BCUT2D eigenvalue weighted by Gasteiger charge is -2.08. The third-order valence-electron chi connectivity index (χ3n) is 4.26. The molecule has 0 radical (unpaired) electrons. The molecular formula is C23H16Cl2N2O2S. The van der Waals surface area contributed by atoms with E-state index in [0.29, 0.717) is 32.4 Å². The van der Waals surface area contributed by atoms with Crippen LogP contribution in [0.3, 0.4) is 0 Å². The summed E-state index contributed by atoms with van der Waals surface area (Å²) in [6.07, 6.45) is 1.81. The second kappa shape index (κ2) is 9.39. The van der Waals surface area contributed by atoms with Crippen LogP contribution in [0.5, 0.6) is 5.75 Å². The van der Waals surface area contributed by atoms with Gasteiger partial charge in [-0.2, -0.15) is 0 Å². The van der Waals surface area contributed by atoms with Gasteiger partial charge in [0.1, 0.15) is 12.4 Å². The number of nitrogens with one attached hydrogen (secondary N) is 1. The number of hydrogen-bond donors (Lipinski definition) is 1. The molecule has 0 saturated carbocycles. The number of rotatable bonds is 5. The molecule has 150 valence electrons. The van der Waals surface area contributed by atoms with Gasteiger partial charge >= 0.3 is 0 Å². The summed E-state index contributed by atoms with van der Waals surface area (Å²) in [6.45, 7) is 0.389. The van der Waals surface area contributed by atoms with E-state index in [4.69, 9.17) is 27.9 Å². The Morgan fingerprint density at radius 2 is 1.63 bits per heavy atom. The SMILES string of the molecule is O=C1NC(=Nc2ccccc2Cl)S/C1=C\c1ccc(OCc2ccccc2Cl)cc1. The van der Waals surface area contributed by atoms with E-state index in [-0.39, 0.29) is 5.91 Å². The van der Waals surface area contributed by atoms with E-state index in [0.717, 1.165) is 16.9 Å². The average Bonchev–Trinajstić information content (AvgIpc) is 3.09. The fourth-order valence-corrected chi connectivity index (χ4v) is 3.92. The van der Waals surface area contributed by atoms with Crippen molar-refractivity contribution < 1.29 is 9.53 Å². The summed E-state index contributed by atoms with van der Waals surface area (Å²) in [6, 6.07) is 22.3. The van der Waals surface area contributed by atoms with Crippen molar-refractivity contribution in [3.05, 3.63) is 98.9 Å². The van der Waals surface area contributed by atoms with E-state index in [1.807, 2.05) is 66.7 Å². The van der Waals surface area contributed by atoms with Gasteiger partial charge in [-0.15, -0.1) is 0 Å². The van der Waals surface area contributed by atoms with E-state index >= 15 is 0 Å². The Morgan fingerprint density at radius 3 is 2.37 bits per heavy atom. The number of nitrogens with zero attached hydrogens (tertiary/aromatic N) is 1. The molecule has 4 rings (SSSR count). The van der Waals surface area contributed by atoms with Crippen LogP contribution in [-0.2, 0) is 11.4 Å². The van der Waals surface area contributed by atoms with Crippen molar-refractivity contribution in [2.75, 3.05) is 0 Å². The summed E-state index contributed by atoms with van der Waals surface area (Å²) in [5.41, 5.74) is 2.43. The standard InChI is InChI=1S/C23H16Cl2N2O2S/c24-18-6-2-1-5-16(18)14-29-17-11-9-15(10-12-17)13-21-22(28)27-23(30-21)26-20-8-4-3-7-19(20)25/h1-13H,14H2,(H,26,27,28)/b21-13-. The molecule has 1 aliphatic heterocycles. The summed E-state index contributed by atoms with van der Waals surface area (Å²) in [7, 11) is 0. The monoisotopic (exact) mass is 454 g/mol. The number of aliphatic imine (C=N–C) groups is 1. The van der Waals surface area contributed by atoms with Crippen LogP contribution < -0.4 is 10.1 Å². The molecular weight excluding hydrogens is 439 g/mol. The van der Waals surface area contributed by atoms with Gasteiger partial charge in [0.25, 0.3) is 5.91 Å². The van der Waals surface area contributed by atoms with Crippen molar-refractivity contribution in [3.63, 3.8) is 0 Å². The van der Waals surface area contributed by atoms with Crippen molar-refractivity contribution in [2.24, 2.45) is 4.99 Å². The molecule has 0 bridgehead atoms. The number of carbonyl (C=O) groups is 1. The zero-order valence-corrected chi connectivity index (χ0v) is 18.0. The Bertz CT molecular complexity index is 1140. The van der Waals surface area contributed by atoms with Crippen molar-refractivity contribution in [2.45, 2.75) is 6.61 Å². The lowest BCUT2D eigenvalue weighted by Crippen LogP contribution is -2.19. The number of benzene rings is 3. The predicted octanol–water partition coefficient (Wildman–Crippen LogP) is 6.46. The summed E-state index contributed by atoms with van der Waals surface area (Å²) in [5, 5.41) is 4.47. The van der Waals surface area contributed by atoms with Crippen molar-refractivity contribution in [3.8, 4) is 5.75 Å². The third kappa shape index (κ3) is 5.05. The highest BCUT2D eigenvalue weighted by Crippen LogP contribution is 2.31. The largest absolute Gasteiger partial charge is 0.489 e. The Kier molecular flexibility index (Phi) is 6.43. The first-order chi connectivity index (χ1) is 14.6. The van der Waals surface area contributed by atoms with Gasteiger partial charge in [0.15, 0.2) is 5.17 Å². The topological polar surface area (TPSA) is 50.7 Å². The molecule has 1 amide bonds. The Labute approximate surface area is 188 Å². The van der Waals surface area contributed by atoms with E-state index in [1.54, 1.807) is 12.1 Å². The van der Waals surface area contributed by atoms with Gasteiger partial charge in [-0.1, -0.05) is 65.7 Å². The van der Waals surface area contributed by atoms with Crippen molar-refractivity contribution in [1.29, 1.82) is 0 Å². The fraction of sp³-hybridized carbons (Fsp3) is 0.0435. The first-order valence-corrected chi connectivity index (χ1v) is 10.7. The average molecular weight is 455 g/mol. The van der Waals surface area contributed by atoms with E-state index in [9.17, 15) is 4.79 Å². The van der Waals surface area contributed by atoms with Gasteiger partial charge in [-0.3, -0.25) is 4.79 Å². The number of amidine groups is 1. The van der Waals surface area contributed by atoms with E-state index in [2.05, 4.69) is 10.3 Å². The van der Waals surface area contributed by atoms with Crippen LogP contribution in [0.1, 0.15) is 11.1 Å². The molecule has 0 atom stereocenters. The number of hydrogen-bond acceptors (Lipinski definition) is 4. The Hall–Kier alpha value is -2.73. The van der Waals surface area contributed by atoms with Crippen LogP contribution in [0.2, 0.25) is 10.0 Å². The molecule has 3 aromatic rings. The molecule has 1 N–H and O–H groups in total. The zero-order chi connectivity index (χ0) is 20.9. The van der Waals surface area contributed by atoms with Crippen LogP contribution >= 0.6 is 35.0 Å². The predicted molar refractivity (Wildman–Crippen MR) is 124 cm³/mol. The van der Waals surface area contributed by atoms with Gasteiger partial charge < -0.3 is 10.1 Å². The molecule has 4 nitrogen and oxygen atoms in total. The normalized spacial score (nSPS) is 16.1. The minimum absolute atomic E-state index is 0.190. The molecule has 1 aliphatic rings. The minimum atomic E-state index is -0.190. The zero-order valence-electron chi connectivity index (χ0n) is 15.6. The summed E-state index contributed by atoms with van der Waals surface area (Å²) < 4.78 is 5.79. The van der Waals surface area contributed by atoms with Gasteiger partial charge in [0.2, 0.25) is 0 Å². The second-order valence-electron chi connectivity index (χ2n) is 6.38. The molecule has 0 aromatic heterocycles. The van der Waals surface area contributed by atoms with E-state index in [1.165, 1.54) is 11.8 Å². The van der Waals surface area contributed by atoms with Gasteiger partial charge in [-0.05, 0) is 53.7 Å². The molecule has 0 aliphatic carbocycles. The van der Waals surface area contributed by atoms with Crippen LogP contribution in [0, 0.1) is 0 Å². The van der Waals surface area contributed by atoms with Gasteiger partial charge in [-0.25, -0.2) is 4.99 Å². The molecule has 1 heterocycles. The van der Waals surface area contributed by atoms with Gasteiger partial charge in [0, 0.05) is 10.6 Å². The maximum Gasteiger partial charge on any atom is 0.264 e. The minimum Gasteiger partial charge on any atom is -0.489 e. The number of carbonyl (C=O) groups excluding carboxylic acids is 1. The Balaban J connectivity index is 1.43. The summed E-state index contributed by atoms with van der Waals surface area (Å²) in [4.78, 5) is 17.3. The highest BCUT2D eigenvalue weighted by atomic mass is 35.5. The lowest BCUT2D eigenvalue weighted by atomic mass is 10.2. The van der Waals surface area contributed by atoms with E-state index < -0.39 is 0 Å². The summed E-state index contributed by atoms with van der Waals surface area (Å²) >= 11 is 13.6. The molecule has 7 heteroatoms. The quantitative estimate of drug-likeness (QED) is 0.449. The van der Waals surface area contributed by atoms with Crippen molar-refractivity contribution >= 4 is 57.8 Å². The maximum atomic E-state index is 12.3. The smallest absolute Gasteiger partial charge is 0.264 e. The number of para-hydroxylation sites is 1. The highest BCUT2D eigenvalue weighted by molar-refractivity contribution is 8.18.